The molecule has 1 atom stereocenters. The smallest absolute Gasteiger partial charge is 0.267 e. The monoisotopic (exact) mass is 493 g/mol. The van der Waals surface area contributed by atoms with E-state index in [2.05, 4.69) is 32.7 Å². The number of hydroxylamine groups is 1. The van der Waals surface area contributed by atoms with Crippen LogP contribution in [0, 0.1) is 0 Å². The number of hydrogen-bond donors (Lipinski definition) is 3. The summed E-state index contributed by atoms with van der Waals surface area (Å²) in [6, 6.07) is 14.4. The van der Waals surface area contributed by atoms with E-state index in [0.717, 1.165) is 53.7 Å². The Kier molecular flexibility index (Phi) is 10.1. The Labute approximate surface area is 203 Å². The molecule has 0 spiro atoms. The minimum Gasteiger partial charge on any atom is -0.366 e. The summed E-state index contributed by atoms with van der Waals surface area (Å²) in [6.07, 6.45) is 5.59. The lowest BCUT2D eigenvalue weighted by atomic mass is 10.2. The van der Waals surface area contributed by atoms with Gasteiger partial charge in [-0.05, 0) is 30.2 Å². The van der Waals surface area contributed by atoms with Crippen LogP contribution in [0.25, 0.3) is 16.6 Å². The van der Waals surface area contributed by atoms with Crippen molar-refractivity contribution >= 4 is 54.0 Å². The third kappa shape index (κ3) is 7.01. The van der Waals surface area contributed by atoms with Crippen LogP contribution in [0.1, 0.15) is 17.7 Å². The molecule has 3 N–H and O–H groups in total. The molecule has 4 rings (SSSR count). The molecule has 0 bridgehead atoms. The third-order valence-electron chi connectivity index (χ3n) is 4.91. The van der Waals surface area contributed by atoms with Gasteiger partial charge in [-0.15, -0.1) is 36.2 Å². The van der Waals surface area contributed by atoms with Crippen LogP contribution < -0.4 is 10.8 Å². The lowest BCUT2D eigenvalue weighted by molar-refractivity contribution is -0.124. The molecule has 0 saturated carbocycles. The second-order valence-electron chi connectivity index (χ2n) is 7.16. The van der Waals surface area contributed by atoms with Gasteiger partial charge in [0.15, 0.2) is 0 Å². The van der Waals surface area contributed by atoms with Crippen molar-refractivity contribution in [2.24, 2.45) is 0 Å². The minimum atomic E-state index is -0.570. The van der Waals surface area contributed by atoms with Crippen molar-refractivity contribution in [2.75, 3.05) is 18.4 Å². The molecule has 1 aliphatic rings. The fourth-order valence-electron chi connectivity index (χ4n) is 3.42. The number of carbonyl (C=O) groups excluding carboxylic acids is 1. The average molecular weight is 494 g/mol. The summed E-state index contributed by atoms with van der Waals surface area (Å²) >= 11 is 1.69. The number of aromatic nitrogens is 2. The van der Waals surface area contributed by atoms with Gasteiger partial charge in [-0.2, -0.15) is 0 Å². The molecule has 3 heterocycles. The number of nitrogens with zero attached hydrogens (tertiary/aromatic N) is 3. The van der Waals surface area contributed by atoms with Crippen molar-refractivity contribution in [1.29, 1.82) is 0 Å². The van der Waals surface area contributed by atoms with E-state index >= 15 is 0 Å². The highest BCUT2D eigenvalue weighted by atomic mass is 35.5. The summed E-state index contributed by atoms with van der Waals surface area (Å²) in [6.45, 7) is 2.82. The molecule has 7 nitrogen and oxygen atoms in total. The predicted molar refractivity (Wildman–Crippen MR) is 133 cm³/mol. The molecule has 1 aromatic carbocycles. The zero-order valence-electron chi connectivity index (χ0n) is 17.2. The Morgan fingerprint density at radius 3 is 2.75 bits per heavy atom. The van der Waals surface area contributed by atoms with Crippen molar-refractivity contribution in [3.8, 4) is 10.6 Å². The molecule has 170 valence electrons. The van der Waals surface area contributed by atoms with E-state index in [9.17, 15) is 4.79 Å². The van der Waals surface area contributed by atoms with Crippen molar-refractivity contribution in [3.05, 3.63) is 71.4 Å². The number of carbonyl (C=O) groups is 1. The first-order valence-electron chi connectivity index (χ1n) is 9.76. The molecule has 1 saturated heterocycles. The second kappa shape index (κ2) is 12.5. The molecule has 2 aromatic heterocycles. The van der Waals surface area contributed by atoms with Gasteiger partial charge >= 0.3 is 0 Å². The third-order valence-corrected chi connectivity index (χ3v) is 5.85. The first kappa shape index (κ1) is 25.8. The van der Waals surface area contributed by atoms with E-state index in [1.165, 1.54) is 6.08 Å². The number of nitrogens with one attached hydrogen (secondary N) is 2. The number of thiazole rings is 1. The summed E-state index contributed by atoms with van der Waals surface area (Å²) in [5.74, 6) is 0.241. The van der Waals surface area contributed by atoms with Crippen molar-refractivity contribution < 1.29 is 10.0 Å². The topological polar surface area (TPSA) is 90.4 Å². The molecule has 32 heavy (non-hydrogen) atoms. The Morgan fingerprint density at radius 1 is 1.22 bits per heavy atom. The average Bonchev–Trinajstić information content (AvgIpc) is 3.43. The van der Waals surface area contributed by atoms with E-state index < -0.39 is 5.91 Å². The number of likely N-dealkylation sites (tertiary alicyclic amines) is 1. The van der Waals surface area contributed by atoms with Crippen molar-refractivity contribution in [2.45, 2.75) is 19.0 Å². The van der Waals surface area contributed by atoms with Gasteiger partial charge in [0.1, 0.15) is 10.8 Å². The number of hydrogen-bond acceptors (Lipinski definition) is 7. The van der Waals surface area contributed by atoms with Crippen LogP contribution in [-0.4, -0.2) is 45.1 Å². The maximum Gasteiger partial charge on any atom is 0.267 e. The molecule has 1 amide bonds. The van der Waals surface area contributed by atoms with Crippen LogP contribution in [0.5, 0.6) is 0 Å². The van der Waals surface area contributed by atoms with Gasteiger partial charge in [0, 0.05) is 48.9 Å². The van der Waals surface area contributed by atoms with Gasteiger partial charge in [-0.3, -0.25) is 14.9 Å². The Morgan fingerprint density at radius 2 is 2.03 bits per heavy atom. The molecule has 3 aromatic rings. The lowest BCUT2D eigenvalue weighted by Gasteiger charge is -2.16. The summed E-state index contributed by atoms with van der Waals surface area (Å²) in [5.41, 5.74) is 4.62. The van der Waals surface area contributed by atoms with Gasteiger partial charge in [-0.25, -0.2) is 15.4 Å². The van der Waals surface area contributed by atoms with Crippen LogP contribution in [-0.2, 0) is 11.3 Å². The Balaban J connectivity index is 0.00000181. The highest BCUT2D eigenvalue weighted by molar-refractivity contribution is 7.13. The van der Waals surface area contributed by atoms with Gasteiger partial charge in [0.05, 0.1) is 5.69 Å². The predicted octanol–water partition coefficient (Wildman–Crippen LogP) is 4.25. The fraction of sp³-hybridized carbons (Fsp3) is 0.227. The number of rotatable bonds is 7. The largest absolute Gasteiger partial charge is 0.366 e. The van der Waals surface area contributed by atoms with Gasteiger partial charge in [-0.1, -0.05) is 30.3 Å². The number of halogens is 2. The summed E-state index contributed by atoms with van der Waals surface area (Å²) in [4.78, 5) is 22.6. The Hall–Kier alpha value is -2.49. The first-order valence-corrected chi connectivity index (χ1v) is 10.6. The summed E-state index contributed by atoms with van der Waals surface area (Å²) in [5, 5.41) is 15.2. The van der Waals surface area contributed by atoms with Gasteiger partial charge in [0.25, 0.3) is 5.91 Å². The molecular weight excluding hydrogens is 469 g/mol. The molecule has 1 aliphatic heterocycles. The van der Waals surface area contributed by atoms with Crippen LogP contribution in [0.2, 0.25) is 0 Å². The maximum atomic E-state index is 11.0. The standard InChI is InChI=1S/C22H23N5O2S.2ClH/c28-21(26-29)9-7-16-6-8-20(23-12-16)24-18-10-11-27(13-18)14-19-15-30-22(25-19)17-4-2-1-3-5-17;;/h1-9,12,15,18,29H,10-11,13-14H2,(H,23,24)(H,26,28);2*1H/t18-;;/m1../s1. The van der Waals surface area contributed by atoms with Gasteiger partial charge in [0.2, 0.25) is 0 Å². The molecule has 0 radical (unpaired) electrons. The fourth-order valence-corrected chi connectivity index (χ4v) is 4.24. The van der Waals surface area contributed by atoms with Crippen LogP contribution in [0.3, 0.4) is 0 Å². The SMILES string of the molecule is Cl.Cl.O=C(C=Cc1ccc(N[C@@H]2CCN(Cc3csc(-c4ccccc4)n3)C2)nc1)NO. The van der Waals surface area contributed by atoms with E-state index in [-0.39, 0.29) is 24.8 Å². The lowest BCUT2D eigenvalue weighted by Crippen LogP contribution is -2.26. The highest BCUT2D eigenvalue weighted by Crippen LogP contribution is 2.25. The zero-order valence-corrected chi connectivity index (χ0v) is 19.6. The zero-order chi connectivity index (χ0) is 20.8. The normalized spacial score (nSPS) is 15.7. The molecule has 0 aliphatic carbocycles. The first-order chi connectivity index (χ1) is 14.7. The number of anilines is 1. The summed E-state index contributed by atoms with van der Waals surface area (Å²) < 4.78 is 0. The Bertz CT molecular complexity index is 1010. The van der Waals surface area contributed by atoms with Crippen LogP contribution in [0.4, 0.5) is 5.82 Å². The molecule has 10 heteroatoms. The quantitative estimate of drug-likeness (QED) is 0.259. The van der Waals surface area contributed by atoms with Crippen molar-refractivity contribution in [1.82, 2.24) is 20.3 Å². The number of pyridine rings is 1. The molecule has 0 unspecified atom stereocenters. The van der Waals surface area contributed by atoms with Crippen LogP contribution in [0.15, 0.2) is 60.1 Å². The van der Waals surface area contributed by atoms with E-state index in [1.54, 1.807) is 29.1 Å². The van der Waals surface area contributed by atoms with Crippen LogP contribution >= 0.6 is 36.2 Å². The maximum absolute atomic E-state index is 11.0. The molecule has 1 fully saturated rings. The second-order valence-corrected chi connectivity index (χ2v) is 8.02. The summed E-state index contributed by atoms with van der Waals surface area (Å²) in [7, 11) is 0. The van der Waals surface area contributed by atoms with E-state index in [4.69, 9.17) is 10.2 Å². The highest BCUT2D eigenvalue weighted by Gasteiger charge is 2.23. The van der Waals surface area contributed by atoms with E-state index in [0.29, 0.717) is 6.04 Å². The van der Waals surface area contributed by atoms with Gasteiger partial charge < -0.3 is 5.32 Å². The van der Waals surface area contributed by atoms with E-state index in [1.807, 2.05) is 30.3 Å². The number of amides is 1. The molecular formula is C22H25Cl2N5O2S. The number of benzene rings is 1. The minimum absolute atomic E-state index is 0. The van der Waals surface area contributed by atoms with Crippen molar-refractivity contribution in [3.63, 3.8) is 0 Å².